The van der Waals surface area contributed by atoms with Gasteiger partial charge in [-0.25, -0.2) is 4.79 Å². The van der Waals surface area contributed by atoms with Gasteiger partial charge in [-0.2, -0.15) is 10.4 Å². The molecule has 0 saturated carbocycles. The van der Waals surface area contributed by atoms with Crippen molar-refractivity contribution >= 4 is 5.97 Å². The lowest BCUT2D eigenvalue weighted by molar-refractivity contribution is -0.163. The molecule has 1 aromatic carbocycles. The molecular formula is C20H23N3O4. The van der Waals surface area contributed by atoms with Crippen LogP contribution in [-0.4, -0.2) is 41.9 Å². The van der Waals surface area contributed by atoms with E-state index in [0.29, 0.717) is 36.7 Å². The minimum absolute atomic E-state index is 0.182. The van der Waals surface area contributed by atoms with Crippen molar-refractivity contribution in [2.75, 3.05) is 19.8 Å². The Kier molecular flexibility index (Phi) is 6.58. The molecule has 0 spiro atoms. The van der Waals surface area contributed by atoms with E-state index in [9.17, 15) is 4.79 Å². The van der Waals surface area contributed by atoms with E-state index in [0.717, 1.165) is 31.4 Å². The fourth-order valence-electron chi connectivity index (χ4n) is 2.93. The smallest absolute Gasteiger partial charge is 0.356 e. The van der Waals surface area contributed by atoms with Crippen LogP contribution in [0.15, 0.2) is 30.3 Å². The normalized spacial score (nSPS) is 16.7. The van der Waals surface area contributed by atoms with Crippen molar-refractivity contribution in [1.29, 1.82) is 5.26 Å². The van der Waals surface area contributed by atoms with E-state index in [2.05, 4.69) is 11.2 Å². The maximum atomic E-state index is 12.3. The van der Waals surface area contributed by atoms with Crippen LogP contribution in [0.3, 0.4) is 0 Å². The average molecular weight is 369 g/mol. The third-order valence-electron chi connectivity index (χ3n) is 4.32. The Morgan fingerprint density at radius 3 is 2.85 bits per heavy atom. The third-order valence-corrected chi connectivity index (χ3v) is 4.32. The zero-order chi connectivity index (χ0) is 19.1. The largest absolute Gasteiger partial charge is 0.461 e. The highest BCUT2D eigenvalue weighted by Gasteiger charge is 2.19. The van der Waals surface area contributed by atoms with Gasteiger partial charge >= 0.3 is 5.97 Å². The predicted molar refractivity (Wildman–Crippen MR) is 97.9 cm³/mol. The van der Waals surface area contributed by atoms with E-state index in [4.69, 9.17) is 19.5 Å². The topological polar surface area (TPSA) is 86.4 Å². The minimum atomic E-state index is -0.418. The quantitative estimate of drug-likeness (QED) is 0.697. The molecule has 0 aliphatic carbocycles. The third kappa shape index (κ3) is 4.94. The number of hydrogen-bond donors (Lipinski definition) is 0. The summed E-state index contributed by atoms with van der Waals surface area (Å²) in [5.41, 5.74) is 2.43. The Morgan fingerprint density at radius 1 is 1.37 bits per heavy atom. The van der Waals surface area contributed by atoms with Gasteiger partial charge in [-0.1, -0.05) is 12.1 Å². The maximum Gasteiger partial charge on any atom is 0.356 e. The summed E-state index contributed by atoms with van der Waals surface area (Å²) in [6.45, 7) is 3.60. The van der Waals surface area contributed by atoms with Gasteiger partial charge < -0.3 is 14.2 Å². The average Bonchev–Trinajstić information content (AvgIpc) is 3.13. The number of aromatic nitrogens is 2. The molecule has 1 aliphatic heterocycles. The second-order valence-corrected chi connectivity index (χ2v) is 6.21. The predicted octanol–water partition coefficient (Wildman–Crippen LogP) is 3.14. The van der Waals surface area contributed by atoms with Crippen molar-refractivity contribution in [1.82, 2.24) is 9.78 Å². The van der Waals surface area contributed by atoms with Crippen LogP contribution in [0.4, 0.5) is 0 Å². The highest BCUT2D eigenvalue weighted by Crippen LogP contribution is 2.21. The van der Waals surface area contributed by atoms with Crippen LogP contribution in [-0.2, 0) is 20.8 Å². The van der Waals surface area contributed by atoms with Crippen molar-refractivity contribution in [3.05, 3.63) is 41.6 Å². The first-order valence-corrected chi connectivity index (χ1v) is 9.20. The van der Waals surface area contributed by atoms with Gasteiger partial charge in [0.2, 0.25) is 0 Å². The molecule has 0 radical (unpaired) electrons. The van der Waals surface area contributed by atoms with Gasteiger partial charge in [0.1, 0.15) is 5.69 Å². The molecule has 27 heavy (non-hydrogen) atoms. The number of carbonyl (C=O) groups is 1. The summed E-state index contributed by atoms with van der Waals surface area (Å²) < 4.78 is 18.1. The molecule has 7 heteroatoms. The van der Waals surface area contributed by atoms with Crippen LogP contribution in [0.5, 0.6) is 0 Å². The summed E-state index contributed by atoms with van der Waals surface area (Å²) in [6, 6.07) is 10.9. The van der Waals surface area contributed by atoms with Crippen LogP contribution < -0.4 is 0 Å². The van der Waals surface area contributed by atoms with Crippen molar-refractivity contribution in [2.24, 2.45) is 0 Å². The lowest BCUT2D eigenvalue weighted by Crippen LogP contribution is -2.25. The zero-order valence-corrected chi connectivity index (χ0v) is 15.4. The Balaban J connectivity index is 1.74. The Labute approximate surface area is 158 Å². The lowest BCUT2D eigenvalue weighted by atomic mass is 10.1. The monoisotopic (exact) mass is 369 g/mol. The minimum Gasteiger partial charge on any atom is -0.461 e. The maximum absolute atomic E-state index is 12.3. The van der Waals surface area contributed by atoms with Crippen LogP contribution in [0, 0.1) is 11.3 Å². The second kappa shape index (κ2) is 9.31. The Bertz CT molecular complexity index is 802. The Morgan fingerprint density at radius 2 is 2.19 bits per heavy atom. The number of esters is 1. The van der Waals surface area contributed by atoms with Crippen LogP contribution in [0.1, 0.15) is 42.2 Å². The molecule has 142 valence electrons. The second-order valence-electron chi connectivity index (χ2n) is 6.21. The van der Waals surface area contributed by atoms with E-state index in [1.807, 2.05) is 12.1 Å². The number of benzene rings is 1. The molecule has 1 atom stereocenters. The van der Waals surface area contributed by atoms with E-state index < -0.39 is 5.97 Å². The fourth-order valence-corrected chi connectivity index (χ4v) is 2.93. The molecule has 2 aromatic rings. The molecule has 1 aliphatic rings. The lowest BCUT2D eigenvalue weighted by Gasteiger charge is -2.22. The molecule has 0 bridgehead atoms. The molecule has 1 aromatic heterocycles. The molecule has 1 unspecified atom stereocenters. The molecule has 7 nitrogen and oxygen atoms in total. The molecule has 0 amide bonds. The Hall–Kier alpha value is -2.69. The van der Waals surface area contributed by atoms with Gasteiger partial charge in [0, 0.05) is 12.2 Å². The van der Waals surface area contributed by atoms with Crippen LogP contribution >= 0.6 is 0 Å². The number of nitriles is 1. The molecular weight excluding hydrogens is 346 g/mol. The van der Waals surface area contributed by atoms with Crippen molar-refractivity contribution < 1.29 is 19.0 Å². The summed E-state index contributed by atoms with van der Waals surface area (Å²) in [6.07, 6.45) is 2.88. The van der Waals surface area contributed by atoms with Crippen molar-refractivity contribution in [3.8, 4) is 17.3 Å². The first-order chi connectivity index (χ1) is 13.2. The summed E-state index contributed by atoms with van der Waals surface area (Å²) in [5, 5.41) is 13.5. The van der Waals surface area contributed by atoms with Gasteiger partial charge in [0.25, 0.3) is 0 Å². The SMILES string of the molecule is CCOC(=O)c1cc(-c2ccc(C#N)cc2)nn1CCOC1CCCCO1. The fraction of sp³-hybridized carbons (Fsp3) is 0.450. The number of carbonyl (C=O) groups excluding carboxylic acids is 1. The molecule has 2 heterocycles. The van der Waals surface area contributed by atoms with Gasteiger partial charge in [-0.15, -0.1) is 0 Å². The van der Waals surface area contributed by atoms with E-state index in [1.54, 1.807) is 29.8 Å². The molecule has 3 rings (SSSR count). The number of hydrogen-bond acceptors (Lipinski definition) is 6. The van der Waals surface area contributed by atoms with Crippen molar-refractivity contribution in [2.45, 2.75) is 39.0 Å². The van der Waals surface area contributed by atoms with Crippen LogP contribution in [0.2, 0.25) is 0 Å². The highest BCUT2D eigenvalue weighted by atomic mass is 16.7. The zero-order valence-electron chi connectivity index (χ0n) is 15.4. The highest BCUT2D eigenvalue weighted by molar-refractivity contribution is 5.89. The van der Waals surface area contributed by atoms with Gasteiger partial charge in [-0.05, 0) is 44.4 Å². The van der Waals surface area contributed by atoms with Crippen LogP contribution in [0.25, 0.3) is 11.3 Å². The van der Waals surface area contributed by atoms with E-state index in [1.165, 1.54) is 0 Å². The van der Waals surface area contributed by atoms with E-state index >= 15 is 0 Å². The standard InChI is InChI=1S/C20H23N3O4/c1-2-25-20(24)18-13-17(16-8-6-15(14-21)7-9-16)22-23(18)10-12-27-19-5-3-4-11-26-19/h6-9,13,19H,2-5,10-12H2,1H3. The number of nitrogens with zero attached hydrogens (tertiary/aromatic N) is 3. The summed E-state index contributed by atoms with van der Waals surface area (Å²) in [5.74, 6) is -0.418. The van der Waals surface area contributed by atoms with Crippen molar-refractivity contribution in [3.63, 3.8) is 0 Å². The van der Waals surface area contributed by atoms with E-state index in [-0.39, 0.29) is 6.29 Å². The number of rotatable bonds is 7. The van der Waals surface area contributed by atoms with Gasteiger partial charge in [0.05, 0.1) is 37.1 Å². The van der Waals surface area contributed by atoms with Gasteiger partial charge in [0.15, 0.2) is 6.29 Å². The van der Waals surface area contributed by atoms with Gasteiger partial charge in [-0.3, -0.25) is 4.68 Å². The number of ether oxygens (including phenoxy) is 3. The first-order valence-electron chi connectivity index (χ1n) is 9.20. The summed E-state index contributed by atoms with van der Waals surface area (Å²) in [4.78, 5) is 12.3. The summed E-state index contributed by atoms with van der Waals surface area (Å²) in [7, 11) is 0. The first kappa shape index (κ1) is 19.1. The molecule has 1 saturated heterocycles. The molecule has 0 N–H and O–H groups in total. The summed E-state index contributed by atoms with van der Waals surface area (Å²) >= 11 is 0. The molecule has 1 fully saturated rings.